The zero-order valence-electron chi connectivity index (χ0n) is 9.04. The van der Waals surface area contributed by atoms with Crippen LogP contribution in [0.2, 0.25) is 0 Å². The molecule has 0 aromatic rings. The van der Waals surface area contributed by atoms with E-state index in [1.807, 2.05) is 20.8 Å². The number of aliphatic hydroxyl groups excluding tert-OH is 1. The van der Waals surface area contributed by atoms with Gasteiger partial charge in [0.05, 0.1) is 6.10 Å². The molecule has 1 aliphatic carbocycles. The predicted molar refractivity (Wildman–Crippen MR) is 53.0 cm³/mol. The fraction of sp³-hybridized carbons (Fsp3) is 0.900. The summed E-state index contributed by atoms with van der Waals surface area (Å²) in [7, 11) is 0. The molecular weight excluding hydrogens is 182 g/mol. The van der Waals surface area contributed by atoms with Gasteiger partial charge in [-0.05, 0) is 39.5 Å². The number of nitrogens with one attached hydrogen (secondary N) is 1. The number of carbonyl (C=O) groups excluding carboxylic acids is 1. The maximum Gasteiger partial charge on any atom is 0.407 e. The van der Waals surface area contributed by atoms with Crippen LogP contribution >= 0.6 is 0 Å². The molecule has 2 N–H and O–H groups in total. The van der Waals surface area contributed by atoms with Crippen molar-refractivity contribution in [3.63, 3.8) is 0 Å². The van der Waals surface area contributed by atoms with Crippen LogP contribution in [-0.2, 0) is 4.74 Å². The summed E-state index contributed by atoms with van der Waals surface area (Å²) in [6.45, 7) is 5.72. The first-order valence-corrected chi connectivity index (χ1v) is 5.03. The van der Waals surface area contributed by atoms with Crippen LogP contribution in [0.1, 0.15) is 33.6 Å². The molecule has 1 atom stereocenters. The highest BCUT2D eigenvalue weighted by molar-refractivity contribution is 5.67. The lowest BCUT2D eigenvalue weighted by molar-refractivity contribution is 0.0482. The lowest BCUT2D eigenvalue weighted by atomic mass is 10.2. The van der Waals surface area contributed by atoms with Gasteiger partial charge in [0.25, 0.3) is 0 Å². The fourth-order valence-corrected chi connectivity index (χ4v) is 1.15. The highest BCUT2D eigenvalue weighted by Gasteiger charge is 2.30. The third kappa shape index (κ3) is 4.46. The molecule has 1 unspecified atom stereocenters. The van der Waals surface area contributed by atoms with E-state index in [4.69, 9.17) is 4.74 Å². The molecule has 1 aliphatic rings. The smallest absolute Gasteiger partial charge is 0.407 e. The van der Waals surface area contributed by atoms with Gasteiger partial charge in [0.1, 0.15) is 5.60 Å². The molecule has 1 amide bonds. The summed E-state index contributed by atoms with van der Waals surface area (Å²) in [5, 5.41) is 12.0. The Morgan fingerprint density at radius 2 is 2.14 bits per heavy atom. The van der Waals surface area contributed by atoms with Gasteiger partial charge in [-0.3, -0.25) is 0 Å². The first-order valence-electron chi connectivity index (χ1n) is 5.03. The zero-order valence-corrected chi connectivity index (χ0v) is 9.04. The van der Waals surface area contributed by atoms with Gasteiger partial charge in [-0.1, -0.05) is 0 Å². The van der Waals surface area contributed by atoms with Crippen LogP contribution in [0.15, 0.2) is 0 Å². The number of hydrogen-bond donors (Lipinski definition) is 2. The van der Waals surface area contributed by atoms with Crippen molar-refractivity contribution in [1.29, 1.82) is 0 Å². The molecule has 4 heteroatoms. The number of alkyl carbamates (subject to hydrolysis) is 1. The maximum atomic E-state index is 11.2. The number of rotatable bonds is 3. The molecular formula is C10H19NO3. The Bertz CT molecular complexity index is 206. The SMILES string of the molecule is CC(C)(C)OC(=O)NCC(O)C1CC1. The second-order valence-corrected chi connectivity index (χ2v) is 4.79. The normalized spacial score (nSPS) is 18.9. The van der Waals surface area contributed by atoms with Gasteiger partial charge in [0, 0.05) is 6.54 Å². The van der Waals surface area contributed by atoms with Gasteiger partial charge in [0.15, 0.2) is 0 Å². The summed E-state index contributed by atoms with van der Waals surface area (Å²) in [5.74, 6) is 0.380. The van der Waals surface area contributed by atoms with Crippen molar-refractivity contribution in [3.8, 4) is 0 Å². The average Bonchev–Trinajstić information content (AvgIpc) is 2.78. The lowest BCUT2D eigenvalue weighted by Crippen LogP contribution is -2.37. The molecule has 4 nitrogen and oxygen atoms in total. The molecule has 0 aliphatic heterocycles. The molecule has 0 aromatic carbocycles. The summed E-state index contributed by atoms with van der Waals surface area (Å²) >= 11 is 0. The molecule has 0 bridgehead atoms. The number of hydrogen-bond acceptors (Lipinski definition) is 3. The van der Waals surface area contributed by atoms with Gasteiger partial charge in [-0.15, -0.1) is 0 Å². The molecule has 0 aromatic heterocycles. The summed E-state index contributed by atoms with van der Waals surface area (Å²) in [6.07, 6.45) is 1.26. The minimum absolute atomic E-state index is 0.291. The van der Waals surface area contributed by atoms with Gasteiger partial charge in [-0.25, -0.2) is 4.79 Å². The van der Waals surface area contributed by atoms with E-state index < -0.39 is 17.8 Å². The Balaban J connectivity index is 2.14. The van der Waals surface area contributed by atoms with Crippen LogP contribution in [0, 0.1) is 5.92 Å². The molecule has 82 valence electrons. The second kappa shape index (κ2) is 4.17. The third-order valence-corrected chi connectivity index (χ3v) is 2.02. The highest BCUT2D eigenvalue weighted by atomic mass is 16.6. The molecule has 0 radical (unpaired) electrons. The van der Waals surface area contributed by atoms with Crippen LogP contribution in [0.5, 0.6) is 0 Å². The molecule has 1 saturated carbocycles. The molecule has 1 fully saturated rings. The van der Waals surface area contributed by atoms with Crippen molar-refractivity contribution in [2.24, 2.45) is 5.92 Å². The minimum Gasteiger partial charge on any atom is -0.444 e. The standard InChI is InChI=1S/C10H19NO3/c1-10(2,3)14-9(13)11-6-8(12)7-4-5-7/h7-8,12H,4-6H2,1-3H3,(H,11,13). The molecule has 1 rings (SSSR count). The highest BCUT2D eigenvalue weighted by Crippen LogP contribution is 2.32. The first kappa shape index (κ1) is 11.3. The van der Waals surface area contributed by atoms with Crippen molar-refractivity contribution in [2.45, 2.75) is 45.3 Å². The molecule has 0 saturated heterocycles. The van der Waals surface area contributed by atoms with E-state index in [1.54, 1.807) is 0 Å². The van der Waals surface area contributed by atoms with Crippen molar-refractivity contribution in [1.82, 2.24) is 5.32 Å². The summed E-state index contributed by atoms with van der Waals surface area (Å²) in [4.78, 5) is 11.2. The molecule has 0 heterocycles. The van der Waals surface area contributed by atoms with E-state index in [9.17, 15) is 9.90 Å². The van der Waals surface area contributed by atoms with Crippen LogP contribution in [0.25, 0.3) is 0 Å². The minimum atomic E-state index is -0.478. The van der Waals surface area contributed by atoms with Crippen molar-refractivity contribution < 1.29 is 14.6 Å². The van der Waals surface area contributed by atoms with Crippen LogP contribution in [0.3, 0.4) is 0 Å². The van der Waals surface area contributed by atoms with E-state index in [-0.39, 0.29) is 0 Å². The Morgan fingerprint density at radius 1 is 1.57 bits per heavy atom. The zero-order chi connectivity index (χ0) is 10.8. The number of ether oxygens (including phenoxy) is 1. The monoisotopic (exact) mass is 201 g/mol. The van der Waals surface area contributed by atoms with Gasteiger partial charge in [0.2, 0.25) is 0 Å². The Hall–Kier alpha value is -0.770. The van der Waals surface area contributed by atoms with Crippen molar-refractivity contribution in [3.05, 3.63) is 0 Å². The largest absolute Gasteiger partial charge is 0.444 e. The molecule has 0 spiro atoms. The Kier molecular flexibility index (Phi) is 3.37. The quantitative estimate of drug-likeness (QED) is 0.723. The van der Waals surface area contributed by atoms with Crippen molar-refractivity contribution >= 4 is 6.09 Å². The summed E-state index contributed by atoms with van der Waals surface area (Å²) in [5.41, 5.74) is -0.478. The summed E-state index contributed by atoms with van der Waals surface area (Å²) < 4.78 is 5.03. The first-order chi connectivity index (χ1) is 6.38. The number of carbonyl (C=O) groups is 1. The van der Waals surface area contributed by atoms with E-state index in [2.05, 4.69) is 5.32 Å². The summed E-state index contributed by atoms with van der Waals surface area (Å²) in [6, 6.07) is 0. The number of aliphatic hydroxyl groups is 1. The van der Waals surface area contributed by atoms with Crippen LogP contribution < -0.4 is 5.32 Å². The topological polar surface area (TPSA) is 58.6 Å². The van der Waals surface area contributed by atoms with E-state index in [0.29, 0.717) is 12.5 Å². The number of amides is 1. The molecule has 14 heavy (non-hydrogen) atoms. The van der Waals surface area contributed by atoms with Gasteiger partial charge in [-0.2, -0.15) is 0 Å². The van der Waals surface area contributed by atoms with Gasteiger partial charge < -0.3 is 15.2 Å². The Labute approximate surface area is 84.6 Å². The average molecular weight is 201 g/mol. The van der Waals surface area contributed by atoms with Crippen LogP contribution in [-0.4, -0.2) is 29.4 Å². The maximum absolute atomic E-state index is 11.2. The fourth-order valence-electron chi connectivity index (χ4n) is 1.15. The van der Waals surface area contributed by atoms with Crippen molar-refractivity contribution in [2.75, 3.05) is 6.54 Å². The second-order valence-electron chi connectivity index (χ2n) is 4.79. The van der Waals surface area contributed by atoms with Gasteiger partial charge >= 0.3 is 6.09 Å². The van der Waals surface area contributed by atoms with E-state index in [1.165, 1.54) is 0 Å². The Morgan fingerprint density at radius 3 is 2.57 bits per heavy atom. The lowest BCUT2D eigenvalue weighted by Gasteiger charge is -2.20. The third-order valence-electron chi connectivity index (χ3n) is 2.02. The van der Waals surface area contributed by atoms with E-state index >= 15 is 0 Å². The van der Waals surface area contributed by atoms with E-state index in [0.717, 1.165) is 12.8 Å². The van der Waals surface area contributed by atoms with Crippen LogP contribution in [0.4, 0.5) is 4.79 Å². The predicted octanol–water partition coefficient (Wildman–Crippen LogP) is 1.28.